The van der Waals surface area contributed by atoms with Crippen molar-refractivity contribution in [3.8, 4) is 23.0 Å². The Labute approximate surface area is 217 Å². The van der Waals surface area contributed by atoms with Gasteiger partial charge in [0.15, 0.2) is 16.3 Å². The Balaban J connectivity index is 1.97. The van der Waals surface area contributed by atoms with Gasteiger partial charge in [-0.15, -0.1) is 0 Å². The summed E-state index contributed by atoms with van der Waals surface area (Å²) in [4.78, 5) is 32.0. The fourth-order valence-corrected chi connectivity index (χ4v) is 5.25. The zero-order valence-corrected chi connectivity index (χ0v) is 22.3. The first-order valence-corrected chi connectivity index (χ1v) is 12.3. The maximum atomic E-state index is 13.8. The summed E-state index contributed by atoms with van der Waals surface area (Å²) in [5.74, 6) is 1.67. The predicted octanol–water partition coefficient (Wildman–Crippen LogP) is 2.83. The quantitative estimate of drug-likeness (QED) is 0.418. The van der Waals surface area contributed by atoms with Gasteiger partial charge in [0.1, 0.15) is 11.5 Å². The van der Waals surface area contributed by atoms with Gasteiger partial charge in [-0.2, -0.15) is 0 Å². The third kappa shape index (κ3) is 4.84. The highest BCUT2D eigenvalue weighted by Crippen LogP contribution is 2.36. The zero-order valence-electron chi connectivity index (χ0n) is 21.5. The van der Waals surface area contributed by atoms with Crippen LogP contribution >= 0.6 is 11.3 Å². The van der Waals surface area contributed by atoms with Crippen LogP contribution in [-0.4, -0.2) is 45.6 Å². The number of ether oxygens (including phenoxy) is 5. The Bertz CT molecular complexity index is 1550. The number of carbonyl (C=O) groups excluding carboxylic acids is 1. The molecule has 0 saturated carbocycles. The molecule has 4 rings (SSSR count). The molecule has 1 aliphatic rings. The van der Waals surface area contributed by atoms with E-state index >= 15 is 0 Å². The molecule has 0 amide bonds. The van der Waals surface area contributed by atoms with Crippen LogP contribution in [0, 0.1) is 0 Å². The van der Waals surface area contributed by atoms with Crippen LogP contribution in [0.15, 0.2) is 57.5 Å². The van der Waals surface area contributed by atoms with E-state index in [1.165, 1.54) is 23.0 Å². The number of fused-ring (bicyclic) bond motifs is 1. The molecule has 9 nitrogen and oxygen atoms in total. The lowest BCUT2D eigenvalue weighted by Crippen LogP contribution is -2.40. The molecule has 1 atom stereocenters. The van der Waals surface area contributed by atoms with Gasteiger partial charge in [0.2, 0.25) is 0 Å². The van der Waals surface area contributed by atoms with Crippen LogP contribution in [0.25, 0.3) is 6.08 Å². The maximum Gasteiger partial charge on any atom is 0.338 e. The SMILES string of the molecule is CCOC(=O)C1=C(C)N=c2s/c(=C\c3ccc(OC)cc3OC)c(=O)n2[C@@H]1c1ccc(OC)c(OC)c1. The summed E-state index contributed by atoms with van der Waals surface area (Å²) in [5.41, 5.74) is 1.83. The number of carbonyl (C=O) groups is 1. The molecular formula is C27H28N2O7S. The van der Waals surface area contributed by atoms with Gasteiger partial charge in [-0.3, -0.25) is 9.36 Å². The highest BCUT2D eigenvalue weighted by atomic mass is 32.1. The van der Waals surface area contributed by atoms with Crippen LogP contribution in [-0.2, 0) is 9.53 Å². The number of methoxy groups -OCH3 is 4. The van der Waals surface area contributed by atoms with Gasteiger partial charge in [-0.25, -0.2) is 9.79 Å². The minimum Gasteiger partial charge on any atom is -0.497 e. The van der Waals surface area contributed by atoms with Gasteiger partial charge < -0.3 is 23.7 Å². The third-order valence-electron chi connectivity index (χ3n) is 5.97. The number of rotatable bonds is 8. The topological polar surface area (TPSA) is 97.6 Å². The summed E-state index contributed by atoms with van der Waals surface area (Å²) in [6.07, 6.45) is 1.75. The number of hydrogen-bond acceptors (Lipinski definition) is 9. The Kier molecular flexibility index (Phi) is 7.68. The minimum absolute atomic E-state index is 0.190. The number of nitrogens with zero attached hydrogens (tertiary/aromatic N) is 2. The van der Waals surface area contributed by atoms with Crippen molar-refractivity contribution in [2.75, 3.05) is 35.0 Å². The van der Waals surface area contributed by atoms with E-state index in [1.54, 1.807) is 71.6 Å². The fraction of sp³-hybridized carbons (Fsp3) is 0.296. The number of hydrogen-bond donors (Lipinski definition) is 0. The Hall–Kier alpha value is -4.05. The van der Waals surface area contributed by atoms with Crippen molar-refractivity contribution in [3.63, 3.8) is 0 Å². The van der Waals surface area contributed by atoms with Crippen LogP contribution in [0.4, 0.5) is 0 Å². The van der Waals surface area contributed by atoms with E-state index in [1.807, 2.05) is 6.07 Å². The molecule has 194 valence electrons. The van der Waals surface area contributed by atoms with E-state index in [-0.39, 0.29) is 17.7 Å². The summed E-state index contributed by atoms with van der Waals surface area (Å²) in [5, 5.41) is 0. The van der Waals surface area contributed by atoms with Crippen molar-refractivity contribution < 1.29 is 28.5 Å². The van der Waals surface area contributed by atoms with Gasteiger partial charge >= 0.3 is 5.97 Å². The second-order valence-corrected chi connectivity index (χ2v) is 9.03. The van der Waals surface area contributed by atoms with E-state index in [2.05, 4.69) is 4.99 Å². The Morgan fingerprint density at radius 3 is 2.38 bits per heavy atom. The lowest BCUT2D eigenvalue weighted by Gasteiger charge is -2.25. The molecule has 0 saturated heterocycles. The summed E-state index contributed by atoms with van der Waals surface area (Å²) < 4.78 is 28.9. The van der Waals surface area contributed by atoms with E-state index in [9.17, 15) is 9.59 Å². The largest absolute Gasteiger partial charge is 0.497 e. The first kappa shape index (κ1) is 26.0. The first-order chi connectivity index (χ1) is 17.9. The van der Waals surface area contributed by atoms with Gasteiger partial charge in [-0.1, -0.05) is 17.4 Å². The van der Waals surface area contributed by atoms with Crippen molar-refractivity contribution in [1.82, 2.24) is 4.57 Å². The summed E-state index contributed by atoms with van der Waals surface area (Å²) in [6, 6.07) is 9.88. The lowest BCUT2D eigenvalue weighted by atomic mass is 9.95. The number of esters is 1. The molecule has 3 aromatic rings. The van der Waals surface area contributed by atoms with Crippen molar-refractivity contribution in [3.05, 3.63) is 78.5 Å². The van der Waals surface area contributed by atoms with Crippen molar-refractivity contribution in [1.29, 1.82) is 0 Å². The third-order valence-corrected chi connectivity index (χ3v) is 6.95. The smallest absolute Gasteiger partial charge is 0.338 e. The van der Waals surface area contributed by atoms with Crippen molar-refractivity contribution >= 4 is 23.4 Å². The molecule has 0 radical (unpaired) electrons. The van der Waals surface area contributed by atoms with E-state index in [0.29, 0.717) is 49.2 Å². The number of thiazole rings is 1. The number of aromatic nitrogens is 1. The average Bonchev–Trinajstić information content (AvgIpc) is 3.21. The molecule has 0 N–H and O–H groups in total. The fourth-order valence-electron chi connectivity index (χ4n) is 4.21. The first-order valence-electron chi connectivity index (χ1n) is 11.5. The number of allylic oxidation sites excluding steroid dienone is 1. The zero-order chi connectivity index (χ0) is 26.7. The molecule has 10 heteroatoms. The lowest BCUT2D eigenvalue weighted by molar-refractivity contribution is -0.139. The van der Waals surface area contributed by atoms with Crippen LogP contribution in [0.1, 0.15) is 31.0 Å². The van der Waals surface area contributed by atoms with Crippen LogP contribution in [0.3, 0.4) is 0 Å². The average molecular weight is 525 g/mol. The number of benzene rings is 2. The van der Waals surface area contributed by atoms with Crippen LogP contribution < -0.4 is 33.8 Å². The van der Waals surface area contributed by atoms with Crippen LogP contribution in [0.5, 0.6) is 23.0 Å². The maximum absolute atomic E-state index is 13.8. The van der Waals surface area contributed by atoms with E-state index in [4.69, 9.17) is 23.7 Å². The summed E-state index contributed by atoms with van der Waals surface area (Å²) in [6.45, 7) is 3.66. The molecule has 2 aromatic carbocycles. The Morgan fingerprint density at radius 1 is 1.00 bits per heavy atom. The summed E-state index contributed by atoms with van der Waals surface area (Å²) >= 11 is 1.23. The van der Waals surface area contributed by atoms with E-state index < -0.39 is 12.0 Å². The molecule has 2 heterocycles. The molecule has 0 aliphatic carbocycles. The molecule has 1 aliphatic heterocycles. The summed E-state index contributed by atoms with van der Waals surface area (Å²) in [7, 11) is 6.20. The normalized spacial score (nSPS) is 15.1. The monoisotopic (exact) mass is 524 g/mol. The molecule has 0 fully saturated rings. The van der Waals surface area contributed by atoms with Crippen molar-refractivity contribution in [2.45, 2.75) is 19.9 Å². The molecule has 37 heavy (non-hydrogen) atoms. The van der Waals surface area contributed by atoms with Gasteiger partial charge in [0, 0.05) is 11.6 Å². The highest BCUT2D eigenvalue weighted by molar-refractivity contribution is 7.07. The predicted molar refractivity (Wildman–Crippen MR) is 139 cm³/mol. The van der Waals surface area contributed by atoms with Gasteiger partial charge in [-0.05, 0) is 49.8 Å². The van der Waals surface area contributed by atoms with E-state index in [0.717, 1.165) is 0 Å². The molecule has 0 bridgehead atoms. The second-order valence-electron chi connectivity index (χ2n) is 8.02. The minimum atomic E-state index is -0.769. The molecule has 0 unspecified atom stereocenters. The highest BCUT2D eigenvalue weighted by Gasteiger charge is 2.34. The van der Waals surface area contributed by atoms with Gasteiger partial charge in [0.05, 0.1) is 56.9 Å². The molecule has 0 spiro atoms. The Morgan fingerprint density at radius 2 is 1.73 bits per heavy atom. The molecule has 1 aromatic heterocycles. The molecular weight excluding hydrogens is 496 g/mol. The van der Waals surface area contributed by atoms with Gasteiger partial charge in [0.25, 0.3) is 5.56 Å². The van der Waals surface area contributed by atoms with Crippen LogP contribution in [0.2, 0.25) is 0 Å². The van der Waals surface area contributed by atoms with Crippen molar-refractivity contribution in [2.24, 2.45) is 4.99 Å². The standard InChI is InChI=1S/C27H28N2O7S/c1-7-36-26(31)23-15(2)28-27-29(24(23)17-9-11-19(33-4)21(12-17)35-6)25(30)22(37-27)13-16-8-10-18(32-3)14-20(16)34-5/h8-14,24H,7H2,1-6H3/b22-13-/t24-/m1/s1. The second kappa shape index (κ2) is 10.9.